The molecule has 1 aliphatic heterocycles. The fraction of sp³-hybridized carbons (Fsp3) is 0.500. The predicted molar refractivity (Wildman–Crippen MR) is 71.7 cm³/mol. The van der Waals surface area contributed by atoms with Gasteiger partial charge in [-0.25, -0.2) is 13.4 Å². The lowest BCUT2D eigenvalue weighted by atomic mass is 10.1. The normalized spacial score (nSPS) is 20.4. The molecule has 2 rings (SSSR count). The van der Waals surface area contributed by atoms with Gasteiger partial charge in [0.05, 0.1) is 6.33 Å². The molecule has 110 valence electrons. The van der Waals surface area contributed by atoms with Crippen molar-refractivity contribution < 1.29 is 18.3 Å². The van der Waals surface area contributed by atoms with Gasteiger partial charge >= 0.3 is 5.97 Å². The van der Waals surface area contributed by atoms with E-state index in [0.29, 0.717) is 0 Å². The minimum absolute atomic E-state index is 0.0494. The molecule has 0 fully saturated rings. The summed E-state index contributed by atoms with van der Waals surface area (Å²) in [6.45, 7) is 3.86. The Kier molecular flexibility index (Phi) is 3.96. The fourth-order valence-corrected chi connectivity index (χ4v) is 3.46. The third kappa shape index (κ3) is 2.61. The first kappa shape index (κ1) is 14.7. The summed E-state index contributed by atoms with van der Waals surface area (Å²) in [5.74, 6) is -1.15. The van der Waals surface area contributed by atoms with E-state index in [9.17, 15) is 13.2 Å². The molecule has 0 saturated carbocycles. The number of hydrogen-bond acceptors (Lipinski definition) is 4. The molecule has 0 amide bonds. The van der Waals surface area contributed by atoms with Crippen LogP contribution in [-0.4, -0.2) is 45.9 Å². The maximum absolute atomic E-state index is 12.5. The van der Waals surface area contributed by atoms with Gasteiger partial charge in [0, 0.05) is 18.8 Å². The Morgan fingerprint density at radius 1 is 1.45 bits per heavy atom. The first-order chi connectivity index (χ1) is 9.34. The first-order valence-corrected chi connectivity index (χ1v) is 7.71. The standard InChI is InChI=1S/C12H17N3O4S/c1-9(2)14-7-11(13-8-14)20(18,19)15-6-4-3-5-10(15)12(16)17/h3-4,7-10H,5-6H2,1-2H3,(H,16,17). The van der Waals surface area contributed by atoms with Gasteiger partial charge in [0.15, 0.2) is 5.03 Å². The molecule has 8 heteroatoms. The summed E-state index contributed by atoms with van der Waals surface area (Å²) in [7, 11) is -3.90. The van der Waals surface area contributed by atoms with E-state index in [0.717, 1.165) is 4.31 Å². The van der Waals surface area contributed by atoms with Crippen LogP contribution in [0.4, 0.5) is 0 Å². The summed E-state index contributed by atoms with van der Waals surface area (Å²) in [6.07, 6.45) is 6.36. The topological polar surface area (TPSA) is 92.5 Å². The highest BCUT2D eigenvalue weighted by Gasteiger charge is 2.37. The Hall–Kier alpha value is -1.67. The molecule has 0 aromatic carbocycles. The maximum Gasteiger partial charge on any atom is 0.322 e. The van der Waals surface area contributed by atoms with Gasteiger partial charge in [-0.2, -0.15) is 4.31 Å². The van der Waals surface area contributed by atoms with Crippen molar-refractivity contribution in [3.05, 3.63) is 24.7 Å². The van der Waals surface area contributed by atoms with Crippen LogP contribution in [0.5, 0.6) is 0 Å². The summed E-state index contributed by atoms with van der Waals surface area (Å²) in [5.41, 5.74) is 0. The van der Waals surface area contributed by atoms with Crippen LogP contribution >= 0.6 is 0 Å². The number of aromatic nitrogens is 2. The highest BCUT2D eigenvalue weighted by Crippen LogP contribution is 2.22. The van der Waals surface area contributed by atoms with Crippen molar-refractivity contribution in [3.8, 4) is 0 Å². The number of nitrogens with zero attached hydrogens (tertiary/aromatic N) is 3. The van der Waals surface area contributed by atoms with Crippen LogP contribution in [0.25, 0.3) is 0 Å². The second-order valence-electron chi connectivity index (χ2n) is 4.89. The zero-order valence-corrected chi connectivity index (χ0v) is 12.1. The molecule has 0 spiro atoms. The summed E-state index contributed by atoms with van der Waals surface area (Å²) in [4.78, 5) is 15.1. The largest absolute Gasteiger partial charge is 0.480 e. The van der Waals surface area contributed by atoms with Gasteiger partial charge in [0.1, 0.15) is 6.04 Å². The minimum atomic E-state index is -3.90. The van der Waals surface area contributed by atoms with Gasteiger partial charge in [-0.15, -0.1) is 0 Å². The Balaban J connectivity index is 2.37. The summed E-state index contributed by atoms with van der Waals surface area (Å²) in [6, 6.07) is -0.989. The molecule has 1 unspecified atom stereocenters. The van der Waals surface area contributed by atoms with Gasteiger partial charge in [0.25, 0.3) is 10.0 Å². The molecule has 7 nitrogen and oxygen atoms in total. The van der Waals surface area contributed by atoms with E-state index >= 15 is 0 Å². The van der Waals surface area contributed by atoms with E-state index in [-0.39, 0.29) is 24.0 Å². The average molecular weight is 299 g/mol. The molecule has 0 aliphatic carbocycles. The van der Waals surface area contributed by atoms with Crippen LogP contribution in [0.1, 0.15) is 26.3 Å². The average Bonchev–Trinajstić information content (AvgIpc) is 2.89. The maximum atomic E-state index is 12.5. The lowest BCUT2D eigenvalue weighted by Gasteiger charge is -2.28. The van der Waals surface area contributed by atoms with Crippen molar-refractivity contribution in [1.82, 2.24) is 13.9 Å². The van der Waals surface area contributed by atoms with Crippen LogP contribution in [-0.2, 0) is 14.8 Å². The molecule has 0 radical (unpaired) electrons. The number of carboxylic acids is 1. The molecule has 0 saturated heterocycles. The van der Waals surface area contributed by atoms with Crippen LogP contribution in [0, 0.1) is 0 Å². The lowest BCUT2D eigenvalue weighted by Crippen LogP contribution is -2.46. The molecule has 1 aromatic rings. The Morgan fingerprint density at radius 3 is 2.70 bits per heavy atom. The van der Waals surface area contributed by atoms with Crippen molar-refractivity contribution in [2.75, 3.05) is 6.54 Å². The van der Waals surface area contributed by atoms with E-state index in [1.807, 2.05) is 13.8 Å². The van der Waals surface area contributed by atoms with Crippen molar-refractivity contribution in [2.24, 2.45) is 0 Å². The lowest BCUT2D eigenvalue weighted by molar-refractivity contribution is -0.141. The van der Waals surface area contributed by atoms with Crippen molar-refractivity contribution >= 4 is 16.0 Å². The quantitative estimate of drug-likeness (QED) is 0.833. The zero-order valence-electron chi connectivity index (χ0n) is 11.3. The Bertz CT molecular complexity index is 633. The van der Waals surface area contributed by atoms with Crippen LogP contribution in [0.15, 0.2) is 29.7 Å². The summed E-state index contributed by atoms with van der Waals surface area (Å²) in [5, 5.41) is 9.03. The van der Waals surface area contributed by atoms with Gasteiger partial charge in [0.2, 0.25) is 0 Å². The highest BCUT2D eigenvalue weighted by atomic mass is 32.2. The monoisotopic (exact) mass is 299 g/mol. The molecular weight excluding hydrogens is 282 g/mol. The van der Waals surface area contributed by atoms with E-state index in [1.54, 1.807) is 16.7 Å². The van der Waals surface area contributed by atoms with E-state index in [1.165, 1.54) is 12.5 Å². The smallest absolute Gasteiger partial charge is 0.322 e. The van der Waals surface area contributed by atoms with E-state index in [4.69, 9.17) is 5.11 Å². The summed E-state index contributed by atoms with van der Waals surface area (Å²) < 4.78 is 27.6. The van der Waals surface area contributed by atoms with Gasteiger partial charge < -0.3 is 9.67 Å². The SMILES string of the molecule is CC(C)n1cnc(S(=O)(=O)N2CC=CCC2C(=O)O)c1. The number of hydrogen-bond donors (Lipinski definition) is 1. The number of sulfonamides is 1. The van der Waals surface area contributed by atoms with E-state index in [2.05, 4.69) is 4.98 Å². The molecular formula is C12H17N3O4S. The number of rotatable bonds is 4. The van der Waals surface area contributed by atoms with Crippen molar-refractivity contribution in [1.29, 1.82) is 0 Å². The van der Waals surface area contributed by atoms with Crippen LogP contribution in [0.3, 0.4) is 0 Å². The number of aliphatic carboxylic acids is 1. The predicted octanol–water partition coefficient (Wildman–Crippen LogP) is 0.868. The fourth-order valence-electron chi connectivity index (χ4n) is 1.99. The minimum Gasteiger partial charge on any atom is -0.480 e. The molecule has 0 bridgehead atoms. The zero-order chi connectivity index (χ0) is 14.9. The molecule has 1 atom stereocenters. The van der Waals surface area contributed by atoms with Gasteiger partial charge in [-0.3, -0.25) is 4.79 Å². The highest BCUT2D eigenvalue weighted by molar-refractivity contribution is 7.89. The third-order valence-corrected chi connectivity index (χ3v) is 4.95. The van der Waals surface area contributed by atoms with Gasteiger partial charge in [-0.1, -0.05) is 12.2 Å². The van der Waals surface area contributed by atoms with E-state index < -0.39 is 22.0 Å². The summed E-state index contributed by atoms with van der Waals surface area (Å²) >= 11 is 0. The molecule has 1 aliphatic rings. The van der Waals surface area contributed by atoms with Gasteiger partial charge in [-0.05, 0) is 20.3 Å². The van der Waals surface area contributed by atoms with Crippen LogP contribution < -0.4 is 0 Å². The Morgan fingerprint density at radius 2 is 2.15 bits per heavy atom. The van der Waals surface area contributed by atoms with Crippen molar-refractivity contribution in [3.63, 3.8) is 0 Å². The second-order valence-corrected chi connectivity index (χ2v) is 6.73. The number of imidazole rings is 1. The molecule has 1 N–H and O–H groups in total. The Labute approximate surface area is 117 Å². The molecule has 2 heterocycles. The van der Waals surface area contributed by atoms with Crippen molar-refractivity contribution in [2.45, 2.75) is 37.4 Å². The number of carboxylic acid groups (broad SMARTS) is 1. The third-order valence-electron chi connectivity index (χ3n) is 3.19. The molecule has 1 aromatic heterocycles. The second kappa shape index (κ2) is 5.37. The number of carbonyl (C=O) groups is 1. The van der Waals surface area contributed by atoms with Crippen LogP contribution in [0.2, 0.25) is 0 Å². The first-order valence-electron chi connectivity index (χ1n) is 6.27. The molecule has 20 heavy (non-hydrogen) atoms.